The minimum atomic E-state index is -0.478. The van der Waals surface area contributed by atoms with E-state index in [0.717, 1.165) is 11.1 Å². The molecule has 0 saturated carbocycles. The van der Waals surface area contributed by atoms with Crippen LogP contribution in [0.3, 0.4) is 0 Å². The molecular weight excluding hydrogens is 399 g/mol. The summed E-state index contributed by atoms with van der Waals surface area (Å²) in [5.41, 5.74) is 8.30. The fraction of sp³-hybridized carbons (Fsp3) is 0.261. The van der Waals surface area contributed by atoms with Crippen LogP contribution in [0.15, 0.2) is 64.1 Å². The molecule has 0 spiro atoms. The third kappa shape index (κ3) is 5.28. The van der Waals surface area contributed by atoms with Crippen molar-refractivity contribution >= 4 is 17.8 Å². The van der Waals surface area contributed by atoms with Gasteiger partial charge in [0.05, 0.1) is 12.3 Å². The molecule has 3 N–H and O–H groups in total. The number of esters is 1. The first-order chi connectivity index (χ1) is 14.8. The molecule has 2 aromatic carbocycles. The second kappa shape index (κ2) is 9.42. The zero-order valence-electron chi connectivity index (χ0n) is 17.7. The number of carbonyl (C=O) groups excluding carboxylic acids is 1. The molecule has 0 aliphatic heterocycles. The molecule has 31 heavy (non-hydrogen) atoms. The molecule has 0 aliphatic rings. The van der Waals surface area contributed by atoms with Gasteiger partial charge in [-0.05, 0) is 24.1 Å². The molecule has 8 heteroatoms. The van der Waals surface area contributed by atoms with Crippen LogP contribution in [-0.2, 0) is 14.9 Å². The molecule has 3 rings (SSSR count). The van der Waals surface area contributed by atoms with E-state index in [4.69, 9.17) is 15.0 Å². The minimum Gasteiger partial charge on any atom is -0.465 e. The van der Waals surface area contributed by atoms with Gasteiger partial charge in [0.15, 0.2) is 5.96 Å². The highest BCUT2D eigenvalue weighted by molar-refractivity contribution is 5.92. The van der Waals surface area contributed by atoms with Crippen LogP contribution in [0.4, 0.5) is 10.3 Å². The van der Waals surface area contributed by atoms with E-state index < -0.39 is 11.4 Å². The smallest absolute Gasteiger partial charge is 0.327 e. The van der Waals surface area contributed by atoms with Gasteiger partial charge in [-0.2, -0.15) is 0 Å². The highest BCUT2D eigenvalue weighted by Gasteiger charge is 2.27. The van der Waals surface area contributed by atoms with Gasteiger partial charge in [0.25, 0.3) is 0 Å². The molecule has 0 amide bonds. The van der Waals surface area contributed by atoms with Crippen LogP contribution in [0.25, 0.3) is 11.1 Å². The number of nitrogens with one attached hydrogen (secondary N) is 1. The maximum atomic E-state index is 14.0. The quantitative estimate of drug-likeness (QED) is 0.336. The number of carbonyl (C=O) groups is 1. The van der Waals surface area contributed by atoms with E-state index in [1.165, 1.54) is 6.07 Å². The van der Waals surface area contributed by atoms with E-state index in [2.05, 4.69) is 15.5 Å². The average Bonchev–Trinajstić information content (AvgIpc) is 3.22. The van der Waals surface area contributed by atoms with Crippen molar-refractivity contribution in [1.82, 2.24) is 5.16 Å². The third-order valence-electron chi connectivity index (χ3n) is 4.88. The lowest BCUT2D eigenvalue weighted by Crippen LogP contribution is -2.24. The molecule has 0 aliphatic carbocycles. The van der Waals surface area contributed by atoms with Crippen LogP contribution < -0.4 is 11.1 Å². The van der Waals surface area contributed by atoms with Crippen molar-refractivity contribution in [3.63, 3.8) is 0 Å². The van der Waals surface area contributed by atoms with Crippen LogP contribution in [0.1, 0.15) is 32.0 Å². The predicted molar refractivity (Wildman–Crippen MR) is 117 cm³/mol. The summed E-state index contributed by atoms with van der Waals surface area (Å²) in [4.78, 5) is 15.3. The van der Waals surface area contributed by atoms with Crippen LogP contribution in [0.2, 0.25) is 0 Å². The minimum absolute atomic E-state index is 0.0165. The van der Waals surface area contributed by atoms with Gasteiger partial charge in [-0.15, -0.1) is 0 Å². The van der Waals surface area contributed by atoms with Gasteiger partial charge in [-0.3, -0.25) is 10.1 Å². The van der Waals surface area contributed by atoms with Gasteiger partial charge in [0.2, 0.25) is 5.88 Å². The fourth-order valence-corrected chi connectivity index (χ4v) is 3.06. The Balaban J connectivity index is 1.73. The second-order valence-corrected chi connectivity index (χ2v) is 7.39. The van der Waals surface area contributed by atoms with E-state index in [1.807, 2.05) is 44.2 Å². The molecule has 162 valence electrons. The lowest BCUT2D eigenvalue weighted by Gasteiger charge is -2.22. The van der Waals surface area contributed by atoms with E-state index in [9.17, 15) is 9.18 Å². The molecular formula is C23H25FN4O3. The summed E-state index contributed by atoms with van der Waals surface area (Å²) in [6.45, 7) is 5.82. The Kier molecular flexibility index (Phi) is 6.69. The van der Waals surface area contributed by atoms with Crippen molar-refractivity contribution in [2.45, 2.75) is 26.2 Å². The molecule has 7 nitrogen and oxygen atoms in total. The summed E-state index contributed by atoms with van der Waals surface area (Å²) in [5, 5.41) is 6.91. The van der Waals surface area contributed by atoms with E-state index in [-0.39, 0.29) is 24.9 Å². The van der Waals surface area contributed by atoms with Crippen molar-refractivity contribution in [3.8, 4) is 11.1 Å². The number of rotatable bonds is 7. The Morgan fingerprint density at radius 3 is 2.61 bits per heavy atom. The molecule has 0 radical (unpaired) electrons. The SMILES string of the molecule is CCOC(=O)CN=C(N)Nc1cc(C(C)(C)c2ccc(-c3ccccc3F)cc2)no1. The van der Waals surface area contributed by atoms with Crippen LogP contribution >= 0.6 is 0 Å². The summed E-state index contributed by atoms with van der Waals surface area (Å²) in [6.07, 6.45) is 0. The lowest BCUT2D eigenvalue weighted by atomic mass is 9.81. The molecule has 0 saturated heterocycles. The molecule has 1 heterocycles. The van der Waals surface area contributed by atoms with Crippen LogP contribution in [-0.4, -0.2) is 30.2 Å². The molecule has 0 unspecified atom stereocenters. The Morgan fingerprint density at radius 1 is 1.23 bits per heavy atom. The Labute approximate surface area is 180 Å². The standard InChI is InChI=1S/C23H25FN4O3/c1-4-30-21(29)14-26-22(25)27-20-13-19(28-31-20)23(2,3)16-11-9-15(10-12-16)17-7-5-6-8-18(17)24/h5-13H,4,14H2,1-3H3,(H3,25,26,27). The number of nitrogens with two attached hydrogens (primary N) is 1. The summed E-state index contributed by atoms with van der Waals surface area (Å²) in [6, 6.07) is 16.0. The topological polar surface area (TPSA) is 103 Å². The molecule has 0 bridgehead atoms. The van der Waals surface area contributed by atoms with Crippen molar-refractivity contribution in [2.24, 2.45) is 10.7 Å². The average molecular weight is 424 g/mol. The summed E-state index contributed by atoms with van der Waals surface area (Å²) >= 11 is 0. The number of aliphatic imine (C=N–C) groups is 1. The van der Waals surface area contributed by atoms with Crippen LogP contribution in [0, 0.1) is 5.82 Å². The van der Waals surface area contributed by atoms with E-state index in [0.29, 0.717) is 17.1 Å². The van der Waals surface area contributed by atoms with E-state index in [1.54, 1.807) is 25.1 Å². The first kappa shape index (κ1) is 22.0. The van der Waals surface area contributed by atoms with Crippen molar-refractivity contribution < 1.29 is 18.4 Å². The first-order valence-electron chi connectivity index (χ1n) is 9.86. The lowest BCUT2D eigenvalue weighted by molar-refractivity contribution is -0.141. The monoisotopic (exact) mass is 424 g/mol. The first-order valence-corrected chi connectivity index (χ1v) is 9.86. The highest BCUT2D eigenvalue weighted by atomic mass is 19.1. The zero-order valence-corrected chi connectivity index (χ0v) is 17.7. The largest absolute Gasteiger partial charge is 0.465 e. The maximum Gasteiger partial charge on any atom is 0.327 e. The predicted octanol–water partition coefficient (Wildman–Crippen LogP) is 4.10. The fourth-order valence-electron chi connectivity index (χ4n) is 3.06. The number of halogens is 1. The number of aromatic nitrogens is 1. The molecule has 0 atom stereocenters. The van der Waals surface area contributed by atoms with Crippen LogP contribution in [0.5, 0.6) is 0 Å². The zero-order chi connectivity index (χ0) is 22.4. The van der Waals surface area contributed by atoms with Gasteiger partial charge in [0.1, 0.15) is 12.4 Å². The Morgan fingerprint density at radius 2 is 1.94 bits per heavy atom. The number of hydrogen-bond acceptors (Lipinski definition) is 5. The van der Waals surface area contributed by atoms with Gasteiger partial charge in [-0.25, -0.2) is 9.38 Å². The molecule has 1 aromatic heterocycles. The summed E-state index contributed by atoms with van der Waals surface area (Å²) in [7, 11) is 0. The van der Waals surface area contributed by atoms with Crippen molar-refractivity contribution in [1.29, 1.82) is 0 Å². The number of hydrogen-bond donors (Lipinski definition) is 2. The van der Waals surface area contributed by atoms with E-state index >= 15 is 0 Å². The summed E-state index contributed by atoms with van der Waals surface area (Å²) in [5.74, 6) is -0.409. The van der Waals surface area contributed by atoms with Crippen molar-refractivity contribution in [2.75, 3.05) is 18.5 Å². The van der Waals surface area contributed by atoms with Gasteiger partial charge >= 0.3 is 5.97 Å². The number of guanidine groups is 1. The second-order valence-electron chi connectivity index (χ2n) is 7.39. The maximum absolute atomic E-state index is 14.0. The molecule has 3 aromatic rings. The highest BCUT2D eigenvalue weighted by Crippen LogP contribution is 2.33. The summed E-state index contributed by atoms with van der Waals surface area (Å²) < 4.78 is 24.2. The number of benzene rings is 2. The molecule has 0 fully saturated rings. The third-order valence-corrected chi connectivity index (χ3v) is 4.88. The Bertz CT molecular complexity index is 1070. The normalized spacial score (nSPS) is 11.9. The number of anilines is 1. The van der Waals surface area contributed by atoms with Gasteiger partial charge in [-0.1, -0.05) is 61.5 Å². The number of ether oxygens (including phenoxy) is 1. The van der Waals surface area contributed by atoms with Gasteiger partial charge < -0.3 is 15.0 Å². The Hall–Kier alpha value is -3.68. The van der Waals surface area contributed by atoms with Gasteiger partial charge in [0, 0.05) is 17.0 Å². The number of nitrogens with zero attached hydrogens (tertiary/aromatic N) is 2. The van der Waals surface area contributed by atoms with Crippen molar-refractivity contribution in [3.05, 3.63) is 71.7 Å².